The number of thioether (sulfide) groups is 1. The van der Waals surface area contributed by atoms with Crippen LogP contribution < -0.4 is 5.32 Å². The van der Waals surface area contributed by atoms with Crippen LogP contribution in [0.25, 0.3) is 10.2 Å². The van der Waals surface area contributed by atoms with Gasteiger partial charge >= 0.3 is 0 Å². The van der Waals surface area contributed by atoms with Crippen LogP contribution in [0.15, 0.2) is 11.4 Å². The number of thiophene rings is 1. The maximum Gasteiger partial charge on any atom is 0.230 e. The Hall–Kier alpha value is -1.18. The van der Waals surface area contributed by atoms with Crippen LogP contribution in [0.3, 0.4) is 0 Å². The van der Waals surface area contributed by atoms with Gasteiger partial charge in [0.2, 0.25) is 5.91 Å². The Balaban J connectivity index is 1.60. The first kappa shape index (κ1) is 15.7. The first-order valence-corrected chi connectivity index (χ1v) is 9.17. The molecular weight excluding hydrogens is 318 g/mol. The summed E-state index contributed by atoms with van der Waals surface area (Å²) in [5.74, 6) is 0.393. The number of nitrogens with zero attached hydrogens (tertiary/aromatic N) is 2. The van der Waals surface area contributed by atoms with Crippen molar-refractivity contribution >= 4 is 39.2 Å². The second-order valence-corrected chi connectivity index (χ2v) is 7.54. The normalized spacial score (nSPS) is 18.0. The van der Waals surface area contributed by atoms with Crippen molar-refractivity contribution in [1.82, 2.24) is 15.3 Å². The first-order valence-electron chi connectivity index (χ1n) is 7.37. The van der Waals surface area contributed by atoms with Gasteiger partial charge in [-0.1, -0.05) is 11.8 Å². The molecule has 1 saturated heterocycles. The van der Waals surface area contributed by atoms with Crippen molar-refractivity contribution in [3.63, 3.8) is 0 Å². The van der Waals surface area contributed by atoms with E-state index in [0.29, 0.717) is 12.3 Å². The third-order valence-electron chi connectivity index (χ3n) is 3.82. The molecule has 2 aromatic heterocycles. The van der Waals surface area contributed by atoms with Crippen LogP contribution >= 0.6 is 23.1 Å². The van der Waals surface area contributed by atoms with E-state index in [9.17, 15) is 4.79 Å². The zero-order valence-corrected chi connectivity index (χ0v) is 14.4. The molecule has 1 aliphatic heterocycles. The fourth-order valence-corrected chi connectivity index (χ4v) is 4.42. The Labute approximate surface area is 137 Å². The van der Waals surface area contributed by atoms with Crippen LogP contribution in [0.5, 0.6) is 0 Å². The van der Waals surface area contributed by atoms with Crippen LogP contribution in [0.2, 0.25) is 0 Å². The first-order chi connectivity index (χ1) is 10.6. The van der Waals surface area contributed by atoms with Crippen LogP contribution in [-0.2, 0) is 9.53 Å². The lowest BCUT2D eigenvalue weighted by molar-refractivity contribution is -0.119. The minimum absolute atomic E-state index is 0.0249. The molecule has 1 aliphatic rings. The predicted octanol–water partition coefficient (Wildman–Crippen LogP) is 2.70. The van der Waals surface area contributed by atoms with Crippen molar-refractivity contribution in [2.45, 2.75) is 37.8 Å². The van der Waals surface area contributed by atoms with Crippen LogP contribution in [0.1, 0.15) is 23.3 Å². The summed E-state index contributed by atoms with van der Waals surface area (Å²) in [4.78, 5) is 22.9. The van der Waals surface area contributed by atoms with Crippen LogP contribution in [-0.4, -0.2) is 40.9 Å². The van der Waals surface area contributed by atoms with Crippen molar-refractivity contribution < 1.29 is 9.53 Å². The van der Waals surface area contributed by atoms with Gasteiger partial charge in [0.05, 0.1) is 11.9 Å². The van der Waals surface area contributed by atoms with Crippen molar-refractivity contribution in [3.05, 3.63) is 16.8 Å². The van der Waals surface area contributed by atoms with E-state index in [1.54, 1.807) is 17.7 Å². The fraction of sp³-hybridized carbons (Fsp3) is 0.533. The van der Waals surface area contributed by atoms with Gasteiger partial charge in [0.25, 0.3) is 0 Å². The lowest BCUT2D eigenvalue weighted by Gasteiger charge is -2.10. The van der Waals surface area contributed by atoms with Gasteiger partial charge in [-0.25, -0.2) is 9.97 Å². The summed E-state index contributed by atoms with van der Waals surface area (Å²) in [7, 11) is 0. The Morgan fingerprint density at radius 2 is 2.36 bits per heavy atom. The van der Waals surface area contributed by atoms with Gasteiger partial charge in [0.15, 0.2) is 0 Å². The van der Waals surface area contributed by atoms with E-state index in [2.05, 4.69) is 29.1 Å². The summed E-state index contributed by atoms with van der Waals surface area (Å²) in [5.41, 5.74) is 1.21. The number of fused-ring (bicyclic) bond motifs is 1. The summed E-state index contributed by atoms with van der Waals surface area (Å²) in [6.45, 7) is 5.59. The van der Waals surface area contributed by atoms with E-state index in [-0.39, 0.29) is 12.0 Å². The third kappa shape index (κ3) is 3.42. The molecule has 3 rings (SSSR count). The molecule has 1 N–H and O–H groups in total. The van der Waals surface area contributed by atoms with Gasteiger partial charge in [-0.15, -0.1) is 11.3 Å². The monoisotopic (exact) mass is 337 g/mol. The number of ether oxygens (including phenoxy) is 1. The summed E-state index contributed by atoms with van der Waals surface area (Å²) >= 11 is 3.14. The summed E-state index contributed by atoms with van der Waals surface area (Å²) in [5, 5.41) is 4.91. The zero-order chi connectivity index (χ0) is 15.5. The molecule has 7 heteroatoms. The van der Waals surface area contributed by atoms with E-state index in [1.807, 2.05) is 0 Å². The highest BCUT2D eigenvalue weighted by molar-refractivity contribution is 8.00. The molecule has 22 heavy (non-hydrogen) atoms. The minimum atomic E-state index is 0.0249. The highest BCUT2D eigenvalue weighted by atomic mass is 32.2. The topological polar surface area (TPSA) is 64.1 Å². The van der Waals surface area contributed by atoms with Gasteiger partial charge < -0.3 is 10.1 Å². The predicted molar refractivity (Wildman–Crippen MR) is 89.6 cm³/mol. The highest BCUT2D eigenvalue weighted by Crippen LogP contribution is 2.34. The Kier molecular flexibility index (Phi) is 4.95. The fourth-order valence-electron chi connectivity index (χ4n) is 2.48. The maximum atomic E-state index is 12.0. The van der Waals surface area contributed by atoms with E-state index in [4.69, 9.17) is 4.74 Å². The number of aryl methyl sites for hydroxylation is 2. The van der Waals surface area contributed by atoms with Crippen molar-refractivity contribution in [2.75, 3.05) is 18.9 Å². The Morgan fingerprint density at radius 3 is 3.14 bits per heavy atom. The van der Waals surface area contributed by atoms with Crippen LogP contribution in [0, 0.1) is 13.8 Å². The largest absolute Gasteiger partial charge is 0.376 e. The van der Waals surface area contributed by atoms with E-state index >= 15 is 0 Å². The number of carbonyl (C=O) groups excluding carboxylic acids is 1. The summed E-state index contributed by atoms with van der Waals surface area (Å²) in [6.07, 6.45) is 3.88. The second kappa shape index (κ2) is 6.93. The summed E-state index contributed by atoms with van der Waals surface area (Å²) < 4.78 is 5.50. The number of nitrogens with one attached hydrogen (secondary N) is 1. The smallest absolute Gasteiger partial charge is 0.230 e. The van der Waals surface area contributed by atoms with Crippen molar-refractivity contribution in [3.8, 4) is 0 Å². The van der Waals surface area contributed by atoms with E-state index < -0.39 is 0 Å². The molecule has 0 aliphatic carbocycles. The van der Waals surface area contributed by atoms with Gasteiger partial charge in [-0.3, -0.25) is 4.79 Å². The average molecular weight is 337 g/mol. The van der Waals surface area contributed by atoms with Gasteiger partial charge in [0, 0.05) is 23.4 Å². The second-order valence-electron chi connectivity index (χ2n) is 5.37. The lowest BCUT2D eigenvalue weighted by atomic mass is 10.2. The van der Waals surface area contributed by atoms with E-state index in [0.717, 1.165) is 34.7 Å². The zero-order valence-electron chi connectivity index (χ0n) is 12.7. The van der Waals surface area contributed by atoms with E-state index in [1.165, 1.54) is 22.2 Å². The third-order valence-corrected chi connectivity index (χ3v) is 5.93. The van der Waals surface area contributed by atoms with Crippen molar-refractivity contribution in [1.29, 1.82) is 0 Å². The molecule has 1 unspecified atom stereocenters. The number of hydrogen-bond acceptors (Lipinski definition) is 6. The SMILES string of the molecule is Cc1sc2ncnc(SCC(=O)NCC3CCCO3)c2c1C. The number of rotatable bonds is 5. The molecule has 0 aromatic carbocycles. The molecule has 0 spiro atoms. The van der Waals surface area contributed by atoms with Crippen LogP contribution in [0.4, 0.5) is 0 Å². The number of aromatic nitrogens is 2. The standard InChI is InChI=1S/C15H19N3O2S2/c1-9-10(2)22-15-13(9)14(17-8-18-15)21-7-12(19)16-6-11-4-3-5-20-11/h8,11H,3-7H2,1-2H3,(H,16,19). The molecule has 3 heterocycles. The summed E-state index contributed by atoms with van der Waals surface area (Å²) in [6, 6.07) is 0. The number of carbonyl (C=O) groups is 1. The quantitative estimate of drug-likeness (QED) is 0.671. The molecule has 1 atom stereocenters. The average Bonchev–Trinajstić information content (AvgIpc) is 3.12. The molecule has 2 aromatic rings. The van der Waals surface area contributed by atoms with Gasteiger partial charge in [-0.05, 0) is 32.3 Å². The van der Waals surface area contributed by atoms with Gasteiger partial charge in [-0.2, -0.15) is 0 Å². The molecule has 0 bridgehead atoms. The maximum absolute atomic E-state index is 12.0. The number of amides is 1. The molecule has 0 radical (unpaired) electrons. The molecule has 5 nitrogen and oxygen atoms in total. The highest BCUT2D eigenvalue weighted by Gasteiger charge is 2.17. The number of hydrogen-bond donors (Lipinski definition) is 1. The minimum Gasteiger partial charge on any atom is -0.376 e. The lowest BCUT2D eigenvalue weighted by Crippen LogP contribution is -2.32. The van der Waals surface area contributed by atoms with Crippen molar-refractivity contribution in [2.24, 2.45) is 0 Å². The molecule has 1 fully saturated rings. The molecule has 1 amide bonds. The van der Waals surface area contributed by atoms with Gasteiger partial charge in [0.1, 0.15) is 16.2 Å². The molecule has 118 valence electrons. The molecule has 0 saturated carbocycles. The Bertz CT molecular complexity index is 681. The Morgan fingerprint density at radius 1 is 1.50 bits per heavy atom. The molecular formula is C15H19N3O2S2.